The van der Waals surface area contributed by atoms with E-state index >= 15 is 0 Å². The highest BCUT2D eigenvalue weighted by Gasteiger charge is 2.21. The van der Waals surface area contributed by atoms with Gasteiger partial charge in [-0.3, -0.25) is 9.59 Å². The largest absolute Gasteiger partial charge is 0.370 e. The van der Waals surface area contributed by atoms with E-state index in [1.54, 1.807) is 30.5 Å². The summed E-state index contributed by atoms with van der Waals surface area (Å²) in [5, 5.41) is 4.89. The Kier molecular flexibility index (Phi) is 5.30. The van der Waals surface area contributed by atoms with Gasteiger partial charge in [-0.25, -0.2) is 0 Å². The van der Waals surface area contributed by atoms with E-state index in [2.05, 4.69) is 5.10 Å². The number of carbonyl (C=O) groups is 1. The Morgan fingerprint density at radius 3 is 2.56 bits per heavy atom. The van der Waals surface area contributed by atoms with Crippen LogP contribution in [0.2, 0.25) is 10.0 Å². The van der Waals surface area contributed by atoms with Crippen molar-refractivity contribution in [3.8, 4) is 5.69 Å². The minimum absolute atomic E-state index is 0.0974. The average Bonchev–Trinajstić information content (AvgIpc) is 3.01. The van der Waals surface area contributed by atoms with Gasteiger partial charge < -0.3 is 9.80 Å². The summed E-state index contributed by atoms with van der Waals surface area (Å²) in [6.07, 6.45) is 3.08. The van der Waals surface area contributed by atoms with Crippen molar-refractivity contribution in [1.29, 1.82) is 0 Å². The van der Waals surface area contributed by atoms with E-state index in [9.17, 15) is 9.59 Å². The number of benzene rings is 1. The van der Waals surface area contributed by atoms with Crippen LogP contribution in [0.5, 0.6) is 0 Å². The number of carbonyl (C=O) groups excluding carboxylic acids is 1. The molecule has 1 amide bonds. The van der Waals surface area contributed by atoms with Crippen molar-refractivity contribution < 1.29 is 4.79 Å². The zero-order chi connectivity index (χ0) is 18.0. The number of amides is 1. The van der Waals surface area contributed by atoms with Gasteiger partial charge in [-0.15, -0.1) is 0 Å². The average molecular weight is 381 g/mol. The summed E-state index contributed by atoms with van der Waals surface area (Å²) < 4.78 is 1.24. The van der Waals surface area contributed by atoms with Gasteiger partial charge in [0.2, 0.25) is 5.91 Å². The number of rotatable bonds is 5. The van der Waals surface area contributed by atoms with Crippen LogP contribution >= 0.6 is 23.2 Å². The van der Waals surface area contributed by atoms with Crippen molar-refractivity contribution in [2.24, 2.45) is 0 Å². The fourth-order valence-corrected chi connectivity index (χ4v) is 3.19. The summed E-state index contributed by atoms with van der Waals surface area (Å²) in [6.45, 7) is 1.97. The second-order valence-electron chi connectivity index (χ2n) is 5.94. The van der Waals surface area contributed by atoms with Crippen molar-refractivity contribution in [2.45, 2.75) is 12.8 Å². The van der Waals surface area contributed by atoms with Crippen LogP contribution < -0.4 is 10.5 Å². The maximum atomic E-state index is 12.5. The van der Waals surface area contributed by atoms with Crippen molar-refractivity contribution in [3.63, 3.8) is 0 Å². The van der Waals surface area contributed by atoms with E-state index in [1.807, 2.05) is 16.8 Å². The van der Waals surface area contributed by atoms with Crippen molar-refractivity contribution in [3.05, 3.63) is 50.9 Å². The first-order valence-corrected chi connectivity index (χ1v) is 8.75. The normalized spacial score (nSPS) is 14.2. The topological polar surface area (TPSA) is 58.4 Å². The first-order valence-electron chi connectivity index (χ1n) is 8.00. The van der Waals surface area contributed by atoms with Crippen molar-refractivity contribution in [2.75, 3.05) is 31.6 Å². The molecule has 132 valence electrons. The predicted molar refractivity (Wildman–Crippen MR) is 98.9 cm³/mol. The summed E-state index contributed by atoms with van der Waals surface area (Å²) in [7, 11) is 1.83. The highest BCUT2D eigenvalue weighted by Crippen LogP contribution is 2.21. The van der Waals surface area contributed by atoms with E-state index in [4.69, 9.17) is 23.2 Å². The van der Waals surface area contributed by atoms with Gasteiger partial charge in [0.25, 0.3) is 5.56 Å². The molecule has 0 bridgehead atoms. The van der Waals surface area contributed by atoms with E-state index < -0.39 is 5.56 Å². The van der Waals surface area contributed by atoms with E-state index in [0.717, 1.165) is 13.0 Å². The molecule has 1 saturated heterocycles. The van der Waals surface area contributed by atoms with Crippen molar-refractivity contribution in [1.82, 2.24) is 14.7 Å². The van der Waals surface area contributed by atoms with Gasteiger partial charge in [-0.1, -0.05) is 23.2 Å². The lowest BCUT2D eigenvalue weighted by Crippen LogP contribution is -2.35. The zero-order valence-electron chi connectivity index (χ0n) is 13.8. The van der Waals surface area contributed by atoms with Gasteiger partial charge in [0, 0.05) is 38.1 Å². The minimum atomic E-state index is -0.398. The molecule has 1 aliphatic heterocycles. The molecule has 1 fully saturated rings. The summed E-state index contributed by atoms with van der Waals surface area (Å²) in [5.74, 6) is 0.177. The molecule has 0 unspecified atom stereocenters. The number of aromatic nitrogens is 2. The van der Waals surface area contributed by atoms with Gasteiger partial charge in [-0.2, -0.15) is 9.78 Å². The van der Waals surface area contributed by atoms with Crippen LogP contribution in [0.25, 0.3) is 5.69 Å². The van der Waals surface area contributed by atoms with E-state index in [-0.39, 0.29) is 10.9 Å². The maximum Gasteiger partial charge on any atom is 0.292 e. The molecule has 2 aromatic rings. The number of likely N-dealkylation sites (N-methyl/N-ethyl adjacent to an activating group) is 1. The standard InChI is InChI=1S/C17H18Cl2N4O2/c1-21(9-10-22-8-2-3-15(22)24)14-11-20-23(17(25)16(14)19)13-6-4-12(18)5-7-13/h4-7,11H,2-3,8-10H2,1H3. The number of likely N-dealkylation sites (tertiary alicyclic amines) is 1. The lowest BCUT2D eigenvalue weighted by Gasteiger charge is -2.24. The molecule has 25 heavy (non-hydrogen) atoms. The quantitative estimate of drug-likeness (QED) is 0.799. The molecule has 0 N–H and O–H groups in total. The zero-order valence-corrected chi connectivity index (χ0v) is 15.3. The van der Waals surface area contributed by atoms with Gasteiger partial charge >= 0.3 is 0 Å². The van der Waals surface area contributed by atoms with Gasteiger partial charge in [0.15, 0.2) is 0 Å². The Labute approximate surface area is 155 Å². The monoisotopic (exact) mass is 380 g/mol. The van der Waals surface area contributed by atoms with Crippen LogP contribution in [0.4, 0.5) is 5.69 Å². The molecular weight excluding hydrogens is 363 g/mol. The lowest BCUT2D eigenvalue weighted by atomic mass is 10.3. The summed E-state index contributed by atoms with van der Waals surface area (Å²) >= 11 is 12.1. The lowest BCUT2D eigenvalue weighted by molar-refractivity contribution is -0.127. The minimum Gasteiger partial charge on any atom is -0.370 e. The van der Waals surface area contributed by atoms with Gasteiger partial charge in [-0.05, 0) is 30.7 Å². The number of anilines is 1. The third-order valence-corrected chi connectivity index (χ3v) is 4.87. The molecule has 8 heteroatoms. The Bertz CT molecular complexity index is 836. The van der Waals surface area contributed by atoms with Crippen LogP contribution in [0.1, 0.15) is 12.8 Å². The molecule has 0 radical (unpaired) electrons. The highest BCUT2D eigenvalue weighted by atomic mass is 35.5. The molecule has 0 saturated carbocycles. The van der Waals surface area contributed by atoms with Gasteiger partial charge in [0.1, 0.15) is 5.02 Å². The highest BCUT2D eigenvalue weighted by molar-refractivity contribution is 6.33. The predicted octanol–water partition coefficient (Wildman–Crippen LogP) is 2.60. The Morgan fingerprint density at radius 2 is 1.92 bits per heavy atom. The molecule has 1 aliphatic rings. The molecule has 2 heterocycles. The summed E-state index contributed by atoms with van der Waals surface area (Å²) in [5.41, 5.74) is 0.738. The molecular formula is C17H18Cl2N4O2. The van der Waals surface area contributed by atoms with E-state index in [1.165, 1.54) is 4.68 Å². The second kappa shape index (κ2) is 7.45. The number of nitrogens with zero attached hydrogens (tertiary/aromatic N) is 4. The number of hydrogen-bond donors (Lipinski definition) is 0. The molecule has 6 nitrogen and oxygen atoms in total. The van der Waals surface area contributed by atoms with Crippen LogP contribution in [0.15, 0.2) is 35.3 Å². The van der Waals surface area contributed by atoms with Gasteiger partial charge in [0.05, 0.1) is 17.6 Å². The van der Waals surface area contributed by atoms with Crippen molar-refractivity contribution >= 4 is 34.8 Å². The summed E-state index contributed by atoms with van der Waals surface area (Å²) in [4.78, 5) is 27.9. The van der Waals surface area contributed by atoms with E-state index in [0.29, 0.717) is 35.9 Å². The third-order valence-electron chi connectivity index (χ3n) is 4.26. The molecule has 1 aromatic heterocycles. The SMILES string of the molecule is CN(CCN1CCCC1=O)c1cnn(-c2ccc(Cl)cc2)c(=O)c1Cl. The van der Waals surface area contributed by atoms with Crippen LogP contribution in [-0.2, 0) is 4.79 Å². The second-order valence-corrected chi connectivity index (χ2v) is 6.76. The Morgan fingerprint density at radius 1 is 1.20 bits per heavy atom. The molecule has 3 rings (SSSR count). The van der Waals surface area contributed by atoms with Crippen LogP contribution in [0, 0.1) is 0 Å². The Balaban J connectivity index is 1.78. The molecule has 0 atom stereocenters. The van der Waals surface area contributed by atoms with Crippen LogP contribution in [-0.4, -0.2) is 47.3 Å². The molecule has 0 aliphatic carbocycles. The third kappa shape index (κ3) is 3.80. The molecule has 0 spiro atoms. The smallest absolute Gasteiger partial charge is 0.292 e. The number of hydrogen-bond acceptors (Lipinski definition) is 4. The Hall–Kier alpha value is -2.05. The number of halogens is 2. The molecule has 1 aromatic carbocycles. The summed E-state index contributed by atoms with van der Waals surface area (Å²) in [6, 6.07) is 6.78. The fraction of sp³-hybridized carbons (Fsp3) is 0.353. The maximum absolute atomic E-state index is 12.5. The first-order chi connectivity index (χ1) is 12.0. The fourth-order valence-electron chi connectivity index (χ4n) is 2.79. The first kappa shape index (κ1) is 17.8. The van der Waals surface area contributed by atoms with Crippen LogP contribution in [0.3, 0.4) is 0 Å².